The summed E-state index contributed by atoms with van der Waals surface area (Å²) in [6.07, 6.45) is 7.47. The van der Waals surface area contributed by atoms with Crippen LogP contribution in [-0.4, -0.2) is 63.7 Å². The van der Waals surface area contributed by atoms with Crippen molar-refractivity contribution in [3.63, 3.8) is 0 Å². The minimum atomic E-state index is -0.152. The molecule has 2 aliphatic heterocycles. The lowest BCUT2D eigenvalue weighted by Gasteiger charge is -2.26. The van der Waals surface area contributed by atoms with Gasteiger partial charge in [0.25, 0.3) is 11.8 Å². The predicted molar refractivity (Wildman–Crippen MR) is 127 cm³/mol. The van der Waals surface area contributed by atoms with E-state index in [1.807, 2.05) is 64.0 Å². The van der Waals surface area contributed by atoms with Gasteiger partial charge in [-0.05, 0) is 63.0 Å². The zero-order chi connectivity index (χ0) is 22.6. The molecule has 172 valence electrons. The average Bonchev–Trinajstić information content (AvgIpc) is 3.50. The van der Waals surface area contributed by atoms with Gasteiger partial charge < -0.3 is 19.5 Å². The van der Waals surface area contributed by atoms with E-state index in [2.05, 4.69) is 10.2 Å². The number of likely N-dealkylation sites (tertiary alicyclic amines) is 2. The first kappa shape index (κ1) is 21.6. The number of hydrogen-bond acceptors (Lipinski definition) is 4. The number of fused-ring (bicyclic) bond motifs is 1. The van der Waals surface area contributed by atoms with Gasteiger partial charge in [-0.15, -0.1) is 0 Å². The van der Waals surface area contributed by atoms with Crippen LogP contribution < -0.4 is 5.32 Å². The van der Waals surface area contributed by atoms with Gasteiger partial charge in [-0.2, -0.15) is 0 Å². The summed E-state index contributed by atoms with van der Waals surface area (Å²) in [6.45, 7) is 4.40. The Morgan fingerprint density at radius 2 is 1.73 bits per heavy atom. The molecule has 7 nitrogen and oxygen atoms in total. The van der Waals surface area contributed by atoms with Gasteiger partial charge in [0.1, 0.15) is 5.82 Å². The Labute approximate surface area is 194 Å². The molecular weight excluding hydrogens is 414 g/mol. The second kappa shape index (κ2) is 9.75. The molecule has 1 unspecified atom stereocenters. The number of nitrogens with zero attached hydrogens (tertiary/aromatic N) is 4. The van der Waals surface area contributed by atoms with Crippen LogP contribution in [0.1, 0.15) is 64.8 Å². The summed E-state index contributed by atoms with van der Waals surface area (Å²) in [7, 11) is 0. The molecule has 0 bridgehead atoms. The summed E-state index contributed by atoms with van der Waals surface area (Å²) in [5, 5.41) is 3.07. The van der Waals surface area contributed by atoms with Gasteiger partial charge in [0, 0.05) is 31.4 Å². The van der Waals surface area contributed by atoms with Crippen LogP contribution in [0.5, 0.6) is 0 Å². The van der Waals surface area contributed by atoms with E-state index in [4.69, 9.17) is 4.98 Å². The van der Waals surface area contributed by atoms with Crippen molar-refractivity contribution < 1.29 is 9.59 Å². The number of benzene rings is 1. The van der Waals surface area contributed by atoms with Gasteiger partial charge in [-0.1, -0.05) is 30.7 Å². The number of pyridine rings is 1. The van der Waals surface area contributed by atoms with E-state index in [0.29, 0.717) is 24.3 Å². The molecule has 4 heterocycles. The topological polar surface area (TPSA) is 70.0 Å². The monoisotopic (exact) mass is 445 g/mol. The molecule has 0 aliphatic carbocycles. The Morgan fingerprint density at radius 1 is 0.939 bits per heavy atom. The Kier molecular flexibility index (Phi) is 6.39. The van der Waals surface area contributed by atoms with Crippen LogP contribution in [0.4, 0.5) is 0 Å². The Morgan fingerprint density at radius 3 is 2.55 bits per heavy atom. The third-order valence-corrected chi connectivity index (χ3v) is 6.79. The smallest absolute Gasteiger partial charge is 0.272 e. The van der Waals surface area contributed by atoms with Crippen LogP contribution in [0.3, 0.4) is 0 Å². The predicted octanol–water partition coefficient (Wildman–Crippen LogP) is 3.53. The first-order chi connectivity index (χ1) is 16.2. The molecule has 3 aromatic rings. The van der Waals surface area contributed by atoms with Gasteiger partial charge in [-0.3, -0.25) is 9.59 Å². The maximum absolute atomic E-state index is 13.2. The number of rotatable bonds is 6. The first-order valence-corrected chi connectivity index (χ1v) is 12.1. The summed E-state index contributed by atoms with van der Waals surface area (Å²) in [6, 6.07) is 15.0. The number of piperidine rings is 1. The SMILES string of the molecule is O=C(NCCN1CCCCC1)c1nc(C2CCCN2C(=O)c2ccccc2)n2ccccc12. The van der Waals surface area contributed by atoms with Crippen molar-refractivity contribution in [2.24, 2.45) is 0 Å². The van der Waals surface area contributed by atoms with E-state index in [-0.39, 0.29) is 17.9 Å². The second-order valence-electron chi connectivity index (χ2n) is 8.96. The molecule has 1 aromatic carbocycles. The zero-order valence-corrected chi connectivity index (χ0v) is 18.9. The average molecular weight is 446 g/mol. The van der Waals surface area contributed by atoms with Crippen LogP contribution in [-0.2, 0) is 0 Å². The van der Waals surface area contributed by atoms with Crippen molar-refractivity contribution in [3.05, 3.63) is 71.8 Å². The molecule has 0 radical (unpaired) electrons. The van der Waals surface area contributed by atoms with Crippen LogP contribution in [0, 0.1) is 0 Å². The molecule has 5 rings (SSSR count). The Hall–Kier alpha value is -3.19. The number of hydrogen-bond donors (Lipinski definition) is 1. The molecule has 2 aliphatic rings. The van der Waals surface area contributed by atoms with Crippen LogP contribution in [0.25, 0.3) is 5.52 Å². The lowest BCUT2D eigenvalue weighted by molar-refractivity contribution is 0.0729. The van der Waals surface area contributed by atoms with Crippen LogP contribution in [0.15, 0.2) is 54.7 Å². The highest BCUT2D eigenvalue weighted by atomic mass is 16.2. The molecule has 2 aromatic heterocycles. The minimum Gasteiger partial charge on any atom is -0.349 e. The third kappa shape index (κ3) is 4.50. The standard InChI is InChI=1S/C26H31N5O2/c32-25(27-14-19-29-15-6-2-7-16-29)23-21-12-5-8-17-30(21)24(28-23)22-13-9-18-31(22)26(33)20-10-3-1-4-11-20/h1,3-5,8,10-12,17,22H,2,6-7,9,13-16,18-19H2,(H,27,32). The van der Waals surface area contributed by atoms with E-state index in [9.17, 15) is 9.59 Å². The van der Waals surface area contributed by atoms with Crippen molar-refractivity contribution in [2.75, 3.05) is 32.7 Å². The fraction of sp³-hybridized carbons (Fsp3) is 0.423. The van der Waals surface area contributed by atoms with Crippen LogP contribution in [0.2, 0.25) is 0 Å². The molecule has 2 amide bonds. The van der Waals surface area contributed by atoms with Crippen molar-refractivity contribution in [1.82, 2.24) is 24.5 Å². The molecule has 7 heteroatoms. The van der Waals surface area contributed by atoms with E-state index in [1.165, 1.54) is 19.3 Å². The number of imidazole rings is 1. The summed E-state index contributed by atoms with van der Waals surface area (Å²) in [5.74, 6) is 0.618. The molecular formula is C26H31N5O2. The van der Waals surface area contributed by atoms with E-state index in [1.54, 1.807) is 0 Å². The lowest BCUT2D eigenvalue weighted by atomic mass is 10.1. The summed E-state index contributed by atoms with van der Waals surface area (Å²) in [4.78, 5) is 35.4. The quantitative estimate of drug-likeness (QED) is 0.630. The number of amides is 2. The highest BCUT2D eigenvalue weighted by Gasteiger charge is 2.34. The number of aromatic nitrogens is 2. The first-order valence-electron chi connectivity index (χ1n) is 12.1. The molecule has 2 saturated heterocycles. The van der Waals surface area contributed by atoms with Gasteiger partial charge in [-0.25, -0.2) is 4.98 Å². The van der Waals surface area contributed by atoms with Gasteiger partial charge in [0.2, 0.25) is 0 Å². The Bertz CT molecular complexity index is 1120. The van der Waals surface area contributed by atoms with Crippen molar-refractivity contribution in [2.45, 2.75) is 38.1 Å². The Balaban J connectivity index is 1.36. The molecule has 0 saturated carbocycles. The van der Waals surface area contributed by atoms with Crippen molar-refractivity contribution in [1.29, 1.82) is 0 Å². The maximum Gasteiger partial charge on any atom is 0.272 e. The number of carbonyl (C=O) groups is 2. The normalized spacial score (nSPS) is 19.2. The van der Waals surface area contributed by atoms with E-state index in [0.717, 1.165) is 43.8 Å². The molecule has 2 fully saturated rings. The zero-order valence-electron chi connectivity index (χ0n) is 18.9. The largest absolute Gasteiger partial charge is 0.349 e. The van der Waals surface area contributed by atoms with E-state index < -0.39 is 0 Å². The summed E-state index contributed by atoms with van der Waals surface area (Å²) in [5.41, 5.74) is 1.89. The van der Waals surface area contributed by atoms with Gasteiger partial charge in [0.15, 0.2) is 5.69 Å². The maximum atomic E-state index is 13.2. The lowest BCUT2D eigenvalue weighted by Crippen LogP contribution is -2.37. The second-order valence-corrected chi connectivity index (χ2v) is 8.96. The third-order valence-electron chi connectivity index (χ3n) is 6.79. The molecule has 1 N–H and O–H groups in total. The number of nitrogens with one attached hydrogen (secondary N) is 1. The fourth-order valence-electron chi connectivity index (χ4n) is 5.08. The highest BCUT2D eigenvalue weighted by Crippen LogP contribution is 2.33. The minimum absolute atomic E-state index is 0.0123. The molecule has 33 heavy (non-hydrogen) atoms. The molecule has 1 atom stereocenters. The van der Waals surface area contributed by atoms with Crippen LogP contribution >= 0.6 is 0 Å². The number of carbonyl (C=O) groups excluding carboxylic acids is 2. The fourth-order valence-corrected chi connectivity index (χ4v) is 5.08. The van der Waals surface area contributed by atoms with Gasteiger partial charge in [0.05, 0.1) is 11.6 Å². The summed E-state index contributed by atoms with van der Waals surface area (Å²) >= 11 is 0. The van der Waals surface area contributed by atoms with Gasteiger partial charge >= 0.3 is 0 Å². The van der Waals surface area contributed by atoms with Crippen molar-refractivity contribution >= 4 is 17.3 Å². The highest BCUT2D eigenvalue weighted by molar-refractivity contribution is 5.99. The summed E-state index contributed by atoms with van der Waals surface area (Å²) < 4.78 is 1.97. The van der Waals surface area contributed by atoms with E-state index >= 15 is 0 Å². The molecule has 0 spiro atoms. The van der Waals surface area contributed by atoms with Crippen molar-refractivity contribution in [3.8, 4) is 0 Å².